The van der Waals surface area contributed by atoms with Gasteiger partial charge in [0.25, 0.3) is 5.91 Å². The third-order valence-corrected chi connectivity index (χ3v) is 6.98. The zero-order valence-electron chi connectivity index (χ0n) is 21.0. The maximum atomic E-state index is 13.4. The van der Waals surface area contributed by atoms with E-state index in [0.717, 1.165) is 35.5 Å². The van der Waals surface area contributed by atoms with Crippen LogP contribution in [-0.2, 0) is 9.53 Å². The summed E-state index contributed by atoms with van der Waals surface area (Å²) in [6.07, 6.45) is 1.70. The van der Waals surface area contributed by atoms with Gasteiger partial charge in [-0.2, -0.15) is 5.10 Å². The molecule has 190 valence electrons. The van der Waals surface area contributed by atoms with Crippen molar-refractivity contribution in [3.8, 4) is 11.4 Å². The molecule has 2 aliphatic heterocycles. The van der Waals surface area contributed by atoms with Gasteiger partial charge in [0.2, 0.25) is 5.95 Å². The Morgan fingerprint density at radius 3 is 2.92 bits per heavy atom. The molecule has 2 atom stereocenters. The van der Waals surface area contributed by atoms with Crippen molar-refractivity contribution in [2.24, 2.45) is 0 Å². The lowest BCUT2D eigenvalue weighted by Crippen LogP contribution is -2.41. The molecule has 0 spiro atoms. The van der Waals surface area contributed by atoms with Crippen LogP contribution in [0.5, 0.6) is 0 Å². The summed E-state index contributed by atoms with van der Waals surface area (Å²) in [4.78, 5) is 26.4. The number of amides is 1. The van der Waals surface area contributed by atoms with Crippen molar-refractivity contribution >= 4 is 34.3 Å². The van der Waals surface area contributed by atoms with Crippen LogP contribution in [0.2, 0.25) is 0 Å². The SMILES string of the molecule is CC1=C(C(=O)Nc2ccc3[nH]nc(-c4cc(N5CCO[C@H](C)C5)ncn4)c3c2)[C@H](C)n2nnnc2N1C. The zero-order chi connectivity index (χ0) is 25.7. The Hall–Kier alpha value is -4.39. The van der Waals surface area contributed by atoms with E-state index in [2.05, 4.69) is 52.8 Å². The predicted octanol–water partition coefficient (Wildman–Crippen LogP) is 2.15. The summed E-state index contributed by atoms with van der Waals surface area (Å²) < 4.78 is 7.30. The Morgan fingerprint density at radius 2 is 2.08 bits per heavy atom. The van der Waals surface area contributed by atoms with Crippen LogP contribution >= 0.6 is 0 Å². The quantitative estimate of drug-likeness (QED) is 0.427. The average Bonchev–Trinajstić information content (AvgIpc) is 3.55. The standard InChI is InChI=1S/C24H27N11O2/c1-13-11-34(7-8-37-13)20-10-19(25-12-26-20)22-17-9-16(5-6-18(17)28-29-22)27-23(36)21-14(2)33(4)24-30-31-32-35(24)15(21)3/h5-6,9-10,12-13,15H,7-8,11H2,1-4H3,(H,27,36)(H,28,29)/t13-,15+/m1/s1. The molecule has 2 aliphatic rings. The third-order valence-electron chi connectivity index (χ3n) is 6.98. The Balaban J connectivity index is 1.29. The summed E-state index contributed by atoms with van der Waals surface area (Å²) in [6.45, 7) is 8.05. The van der Waals surface area contributed by atoms with E-state index in [0.29, 0.717) is 35.2 Å². The van der Waals surface area contributed by atoms with Crippen molar-refractivity contribution < 1.29 is 9.53 Å². The minimum atomic E-state index is -0.309. The van der Waals surface area contributed by atoms with Crippen molar-refractivity contribution in [2.45, 2.75) is 32.9 Å². The van der Waals surface area contributed by atoms with Gasteiger partial charge in [-0.3, -0.25) is 9.89 Å². The van der Waals surface area contributed by atoms with Crippen molar-refractivity contribution in [1.29, 1.82) is 0 Å². The van der Waals surface area contributed by atoms with Crippen molar-refractivity contribution in [1.82, 2.24) is 40.4 Å². The van der Waals surface area contributed by atoms with Gasteiger partial charge in [-0.05, 0) is 49.4 Å². The molecule has 0 unspecified atom stereocenters. The number of hydrogen-bond acceptors (Lipinski definition) is 10. The topological polar surface area (TPSA) is 143 Å². The largest absolute Gasteiger partial charge is 0.375 e. The molecular formula is C24H27N11O2. The Kier molecular flexibility index (Phi) is 5.56. The smallest absolute Gasteiger partial charge is 0.255 e. The van der Waals surface area contributed by atoms with Crippen LogP contribution in [0.1, 0.15) is 26.8 Å². The molecule has 0 saturated carbocycles. The van der Waals surface area contributed by atoms with E-state index in [4.69, 9.17) is 4.74 Å². The van der Waals surface area contributed by atoms with Crippen LogP contribution in [0.4, 0.5) is 17.5 Å². The highest BCUT2D eigenvalue weighted by Gasteiger charge is 2.32. The molecule has 37 heavy (non-hydrogen) atoms. The van der Waals surface area contributed by atoms with E-state index in [1.54, 1.807) is 11.0 Å². The number of nitrogens with one attached hydrogen (secondary N) is 2. The normalized spacial score (nSPS) is 19.9. The highest BCUT2D eigenvalue weighted by molar-refractivity contribution is 6.07. The van der Waals surface area contributed by atoms with E-state index in [1.165, 1.54) is 0 Å². The van der Waals surface area contributed by atoms with Gasteiger partial charge < -0.3 is 19.9 Å². The molecule has 0 bridgehead atoms. The maximum Gasteiger partial charge on any atom is 0.255 e. The average molecular weight is 502 g/mol. The molecule has 4 aromatic rings. The molecule has 1 fully saturated rings. The van der Waals surface area contributed by atoms with Gasteiger partial charge in [-0.25, -0.2) is 14.6 Å². The van der Waals surface area contributed by atoms with Crippen LogP contribution in [0.25, 0.3) is 22.3 Å². The van der Waals surface area contributed by atoms with E-state index in [-0.39, 0.29) is 18.1 Å². The predicted molar refractivity (Wildman–Crippen MR) is 137 cm³/mol. The summed E-state index contributed by atoms with van der Waals surface area (Å²) in [5.74, 6) is 1.22. The molecule has 13 nitrogen and oxygen atoms in total. The van der Waals surface area contributed by atoms with E-state index in [1.807, 2.05) is 50.1 Å². The van der Waals surface area contributed by atoms with Gasteiger partial charge in [-0.1, -0.05) is 5.10 Å². The molecule has 2 N–H and O–H groups in total. The van der Waals surface area contributed by atoms with E-state index >= 15 is 0 Å². The fourth-order valence-electron chi connectivity index (χ4n) is 4.93. The van der Waals surface area contributed by atoms with Gasteiger partial charge in [0.15, 0.2) is 0 Å². The highest BCUT2D eigenvalue weighted by atomic mass is 16.5. The van der Waals surface area contributed by atoms with E-state index < -0.39 is 0 Å². The van der Waals surface area contributed by atoms with Crippen LogP contribution < -0.4 is 15.1 Å². The molecule has 1 amide bonds. The van der Waals surface area contributed by atoms with Crippen molar-refractivity contribution in [2.75, 3.05) is 41.9 Å². The number of carbonyl (C=O) groups excluding carboxylic acids is 1. The first-order valence-corrected chi connectivity index (χ1v) is 12.1. The number of H-pyrrole nitrogens is 1. The number of benzene rings is 1. The number of morpholine rings is 1. The lowest BCUT2D eigenvalue weighted by molar-refractivity contribution is -0.113. The second kappa shape index (κ2) is 8.92. The summed E-state index contributed by atoms with van der Waals surface area (Å²) in [7, 11) is 1.84. The summed E-state index contributed by atoms with van der Waals surface area (Å²) in [6, 6.07) is 7.27. The number of anilines is 3. The fourth-order valence-corrected chi connectivity index (χ4v) is 4.93. The third kappa shape index (κ3) is 3.96. The number of ether oxygens (including phenoxy) is 1. The number of allylic oxidation sites excluding steroid dienone is 1. The number of rotatable bonds is 4. The molecule has 1 saturated heterocycles. The molecule has 0 aliphatic carbocycles. The lowest BCUT2D eigenvalue weighted by atomic mass is 10.0. The van der Waals surface area contributed by atoms with Crippen LogP contribution in [0.15, 0.2) is 41.9 Å². The molecule has 1 aromatic carbocycles. The van der Waals surface area contributed by atoms with Gasteiger partial charge in [0.1, 0.15) is 17.8 Å². The molecule has 3 aromatic heterocycles. The van der Waals surface area contributed by atoms with Crippen LogP contribution in [-0.4, -0.2) is 79.1 Å². The Labute approximate surface area is 212 Å². The molecule has 13 heteroatoms. The Bertz CT molecular complexity index is 1520. The summed E-state index contributed by atoms with van der Waals surface area (Å²) in [5, 5.41) is 23.3. The summed E-state index contributed by atoms with van der Waals surface area (Å²) >= 11 is 0. The van der Waals surface area contributed by atoms with Crippen LogP contribution in [0.3, 0.4) is 0 Å². The lowest BCUT2D eigenvalue weighted by Gasteiger charge is -2.32. The molecule has 5 heterocycles. The number of aromatic nitrogens is 8. The van der Waals surface area contributed by atoms with Gasteiger partial charge in [0, 0.05) is 43.0 Å². The Morgan fingerprint density at radius 1 is 1.22 bits per heavy atom. The van der Waals surface area contributed by atoms with Gasteiger partial charge in [-0.15, -0.1) is 0 Å². The second-order valence-electron chi connectivity index (χ2n) is 9.33. The number of hydrogen-bond donors (Lipinski definition) is 2. The van der Waals surface area contributed by atoms with Gasteiger partial charge in [0.05, 0.1) is 35.5 Å². The second-order valence-corrected chi connectivity index (χ2v) is 9.33. The van der Waals surface area contributed by atoms with Crippen molar-refractivity contribution in [3.63, 3.8) is 0 Å². The number of carbonyl (C=O) groups is 1. The first-order chi connectivity index (χ1) is 17.9. The molecule has 6 rings (SSSR count). The highest BCUT2D eigenvalue weighted by Crippen LogP contribution is 2.33. The van der Waals surface area contributed by atoms with Crippen LogP contribution in [0, 0.1) is 0 Å². The number of fused-ring (bicyclic) bond motifs is 2. The number of nitrogens with zero attached hydrogens (tertiary/aromatic N) is 9. The first kappa shape index (κ1) is 23.0. The molecule has 0 radical (unpaired) electrons. The van der Waals surface area contributed by atoms with E-state index in [9.17, 15) is 4.79 Å². The summed E-state index contributed by atoms with van der Waals surface area (Å²) in [5.41, 5.74) is 4.27. The zero-order valence-corrected chi connectivity index (χ0v) is 21.0. The fraction of sp³-hybridized carbons (Fsp3) is 0.375. The minimum absolute atomic E-state index is 0.141. The number of aromatic amines is 1. The first-order valence-electron chi connectivity index (χ1n) is 12.1. The van der Waals surface area contributed by atoms with Gasteiger partial charge >= 0.3 is 0 Å². The maximum absolute atomic E-state index is 13.4. The number of tetrazole rings is 1. The minimum Gasteiger partial charge on any atom is -0.375 e. The monoisotopic (exact) mass is 501 g/mol. The van der Waals surface area contributed by atoms with Crippen molar-refractivity contribution in [3.05, 3.63) is 41.9 Å². The molecular weight excluding hydrogens is 474 g/mol.